The highest BCUT2D eigenvalue weighted by atomic mass is 16.5. The summed E-state index contributed by atoms with van der Waals surface area (Å²) >= 11 is 0. The van der Waals surface area contributed by atoms with Crippen molar-refractivity contribution in [3.8, 4) is 96.6 Å². The highest BCUT2D eigenvalue weighted by Crippen LogP contribution is 2.45. The van der Waals surface area contributed by atoms with Crippen molar-refractivity contribution < 1.29 is 9.15 Å². The lowest BCUT2D eigenvalue weighted by molar-refractivity contribution is 0.269. The monoisotopic (exact) mass is 1130 g/mol. The Morgan fingerprint density at radius 2 is 0.761 bits per heavy atom. The van der Waals surface area contributed by atoms with Crippen LogP contribution in [0.15, 0.2) is 284 Å². The first kappa shape index (κ1) is 49.5. The topological polar surface area (TPSA) is 110 Å². The van der Waals surface area contributed by atoms with E-state index in [1.165, 1.54) is 0 Å². The highest BCUT2D eigenvalue weighted by molar-refractivity contribution is 6.14. The van der Waals surface area contributed by atoms with Crippen molar-refractivity contribution in [2.45, 2.75) is 12.0 Å². The summed E-state index contributed by atoms with van der Waals surface area (Å²) in [4.78, 5) is 32.2. The van der Waals surface area contributed by atoms with Crippen molar-refractivity contribution >= 4 is 65.6 Å². The van der Waals surface area contributed by atoms with E-state index in [0.29, 0.717) is 35.2 Å². The van der Waals surface area contributed by atoms with E-state index >= 15 is 0 Å². The first-order chi connectivity index (χ1) is 43.6. The summed E-state index contributed by atoms with van der Waals surface area (Å²) in [6.45, 7) is 0. The first-order valence-electron chi connectivity index (χ1n) is 29.6. The predicted molar refractivity (Wildman–Crippen MR) is 353 cm³/mol. The van der Waals surface area contributed by atoms with Crippen molar-refractivity contribution in [2.75, 3.05) is 0 Å². The number of allylic oxidation sites excluding steroid dienone is 2. The minimum atomic E-state index is -0.0403. The van der Waals surface area contributed by atoms with Crippen LogP contribution in [0.5, 0.6) is 5.75 Å². The zero-order valence-electron chi connectivity index (χ0n) is 47.1. The molecule has 0 amide bonds. The second-order valence-electron chi connectivity index (χ2n) is 22.5. The van der Waals surface area contributed by atoms with Gasteiger partial charge in [-0.3, -0.25) is 9.13 Å². The predicted octanol–water partition coefficient (Wildman–Crippen LogP) is 18.8. The van der Waals surface area contributed by atoms with Gasteiger partial charge >= 0.3 is 0 Å². The Hall–Kier alpha value is -11.9. The smallest absolute Gasteiger partial charge is 0.238 e. The van der Waals surface area contributed by atoms with Gasteiger partial charge in [0.05, 0.1) is 22.1 Å². The van der Waals surface area contributed by atoms with Crippen LogP contribution in [0.4, 0.5) is 0 Å². The van der Waals surface area contributed by atoms with Gasteiger partial charge in [0.1, 0.15) is 23.0 Å². The summed E-state index contributed by atoms with van der Waals surface area (Å²) in [5, 5.41) is 6.26. The van der Waals surface area contributed by atoms with Gasteiger partial charge in [-0.1, -0.05) is 194 Å². The van der Waals surface area contributed by atoms with Gasteiger partial charge in [0.15, 0.2) is 23.3 Å². The number of benzene rings is 11. The van der Waals surface area contributed by atoms with Gasteiger partial charge in [0.2, 0.25) is 11.9 Å². The van der Waals surface area contributed by atoms with E-state index in [0.717, 1.165) is 132 Å². The fourth-order valence-electron chi connectivity index (χ4n) is 13.3. The van der Waals surface area contributed by atoms with Crippen LogP contribution < -0.4 is 4.74 Å². The lowest BCUT2D eigenvalue weighted by Gasteiger charge is -2.14. The minimum absolute atomic E-state index is 0.0403. The summed E-state index contributed by atoms with van der Waals surface area (Å²) in [6.07, 6.45) is 8.44. The van der Waals surface area contributed by atoms with Crippen molar-refractivity contribution in [1.82, 2.24) is 39.0 Å². The Morgan fingerprint density at radius 1 is 0.307 bits per heavy atom. The molecule has 0 radical (unpaired) electrons. The maximum absolute atomic E-state index is 6.41. The lowest BCUT2D eigenvalue weighted by atomic mass is 9.91. The molecule has 16 aromatic rings. The van der Waals surface area contributed by atoms with Crippen molar-refractivity contribution in [3.63, 3.8) is 0 Å². The van der Waals surface area contributed by atoms with E-state index < -0.39 is 0 Å². The number of furan rings is 1. The molecule has 10 heteroatoms. The van der Waals surface area contributed by atoms with E-state index in [9.17, 15) is 0 Å². The molecule has 0 N–H and O–H groups in total. The van der Waals surface area contributed by atoms with E-state index in [1.54, 1.807) is 0 Å². The number of aromatic nitrogens is 8. The zero-order chi connectivity index (χ0) is 57.8. The second kappa shape index (κ2) is 19.9. The summed E-state index contributed by atoms with van der Waals surface area (Å²) in [6, 6.07) is 88.7. The van der Waals surface area contributed by atoms with Gasteiger partial charge < -0.3 is 9.15 Å². The fraction of sp³-hybridized carbons (Fsp3) is 0.0256. The third kappa shape index (κ3) is 8.10. The summed E-state index contributed by atoms with van der Waals surface area (Å²) < 4.78 is 17.2. The normalized spacial score (nSPS) is 14.4. The standard InChI is InChI=1S/C78H48N8O2/c1-3-18-47(19-4-1)49-22-15-24-53(42-49)73-79-75(55-38-41-70-63(46-55)58-28-9-13-33-68(58)87-70)83-77(81-73)85-64-31-11-7-26-56(64)61-44-51(36-39-66(61)85)52-37-40-67-62(45-52)57-27-8-12-32-65(57)86(67)78-82-74(54-25-16-23-50(43-54)48-20-5-2-6-21-48)80-76(84-78)60-30-17-35-71-72(60)59-29-10-14-34-69(59)88-71/h1-46,58,68H. The molecule has 2 unspecified atom stereocenters. The van der Waals surface area contributed by atoms with Crippen LogP contribution in [0.3, 0.4) is 0 Å². The van der Waals surface area contributed by atoms with Crippen LogP contribution >= 0.6 is 0 Å². The Kier molecular flexibility index (Phi) is 11.2. The number of hydrogen-bond donors (Lipinski definition) is 0. The fourth-order valence-corrected chi connectivity index (χ4v) is 13.3. The molecule has 0 saturated carbocycles. The summed E-state index contributed by atoms with van der Waals surface area (Å²) in [5.41, 5.74) is 16.6. The molecular formula is C78H48N8O2. The van der Waals surface area contributed by atoms with E-state index in [4.69, 9.17) is 39.1 Å². The van der Waals surface area contributed by atoms with Gasteiger partial charge in [-0.2, -0.15) is 19.9 Å². The quantitative estimate of drug-likeness (QED) is 0.141. The Bertz CT molecular complexity index is 5580. The van der Waals surface area contributed by atoms with E-state index in [1.807, 2.05) is 42.5 Å². The number of fused-ring (bicyclic) bond motifs is 12. The number of para-hydroxylation sites is 3. The van der Waals surface area contributed by atoms with Gasteiger partial charge in [-0.05, 0) is 118 Å². The maximum Gasteiger partial charge on any atom is 0.238 e. The average molecular weight is 1130 g/mol. The lowest BCUT2D eigenvalue weighted by Crippen LogP contribution is -2.15. The number of rotatable bonds is 9. The van der Waals surface area contributed by atoms with Crippen LogP contribution in [0.25, 0.3) is 156 Å². The number of nitrogens with zero attached hydrogens (tertiary/aromatic N) is 8. The first-order valence-corrected chi connectivity index (χ1v) is 29.6. The van der Waals surface area contributed by atoms with Crippen LogP contribution in [0.1, 0.15) is 11.5 Å². The maximum atomic E-state index is 6.41. The van der Waals surface area contributed by atoms with Crippen molar-refractivity contribution in [1.29, 1.82) is 0 Å². The second-order valence-corrected chi connectivity index (χ2v) is 22.5. The molecule has 0 fully saturated rings. The molecule has 18 rings (SSSR count). The Balaban J connectivity index is 0.788. The number of hydrogen-bond acceptors (Lipinski definition) is 8. The molecule has 88 heavy (non-hydrogen) atoms. The third-order valence-electron chi connectivity index (χ3n) is 17.4. The van der Waals surface area contributed by atoms with Crippen molar-refractivity contribution in [3.05, 3.63) is 285 Å². The molecule has 0 bridgehead atoms. The van der Waals surface area contributed by atoms with Gasteiger partial charge in [-0.25, -0.2) is 9.97 Å². The van der Waals surface area contributed by atoms with Gasteiger partial charge in [0, 0.05) is 66.1 Å². The van der Waals surface area contributed by atoms with Gasteiger partial charge in [0.25, 0.3) is 0 Å². The molecule has 6 heterocycles. The van der Waals surface area contributed by atoms with E-state index in [-0.39, 0.29) is 12.0 Å². The molecule has 11 aromatic carbocycles. The molecule has 412 valence electrons. The molecule has 2 aliphatic rings. The van der Waals surface area contributed by atoms with Crippen LogP contribution in [0.2, 0.25) is 0 Å². The van der Waals surface area contributed by atoms with Crippen LogP contribution in [0, 0.1) is 0 Å². The highest BCUT2D eigenvalue weighted by Gasteiger charge is 2.33. The molecule has 0 spiro atoms. The molecule has 0 saturated heterocycles. The van der Waals surface area contributed by atoms with E-state index in [2.05, 4.69) is 246 Å². The van der Waals surface area contributed by atoms with Gasteiger partial charge in [-0.15, -0.1) is 0 Å². The molecular weight excluding hydrogens is 1080 g/mol. The zero-order valence-corrected chi connectivity index (χ0v) is 47.1. The minimum Gasteiger partial charge on any atom is -0.485 e. The summed E-state index contributed by atoms with van der Waals surface area (Å²) in [7, 11) is 0. The Labute approximate surface area is 504 Å². The summed E-state index contributed by atoms with van der Waals surface area (Å²) in [5.74, 6) is 4.28. The van der Waals surface area contributed by atoms with Crippen LogP contribution in [-0.2, 0) is 0 Å². The molecule has 1 aliphatic carbocycles. The molecule has 1 aliphatic heterocycles. The molecule has 10 nitrogen and oxygen atoms in total. The average Bonchev–Trinajstić information content (AvgIpc) is 2.27. The molecule has 5 aromatic heterocycles. The SMILES string of the molecule is C1=CC2Oc3ccc(-c4nc(-c5cccc(-c6ccccc6)c5)nc(-n5c6ccccc6c6cc(-c7ccc8c(c7)c7ccccc7n8-c7nc(-c8cccc(-c9ccccc9)c8)nc(-c8cccc9oc%10ccccc%10c89)n7)ccc65)n4)cc3C2C=C1. The van der Waals surface area contributed by atoms with Crippen molar-refractivity contribution in [2.24, 2.45) is 0 Å². The third-order valence-corrected chi connectivity index (χ3v) is 17.4. The van der Waals surface area contributed by atoms with Crippen LogP contribution in [-0.4, -0.2) is 45.1 Å². The largest absolute Gasteiger partial charge is 0.485 e. The molecule has 2 atom stereocenters. The number of ether oxygens (including phenoxy) is 1. The Morgan fingerprint density at radius 3 is 1.39 bits per heavy atom.